The van der Waals surface area contributed by atoms with Crippen LogP contribution in [0.4, 0.5) is 0 Å². The summed E-state index contributed by atoms with van der Waals surface area (Å²) in [6.07, 6.45) is 2.48. The van der Waals surface area contributed by atoms with E-state index < -0.39 is 0 Å². The van der Waals surface area contributed by atoms with Crippen LogP contribution in [0.2, 0.25) is 0 Å². The number of nitrogens with one attached hydrogen (secondary N) is 1. The van der Waals surface area contributed by atoms with Gasteiger partial charge in [-0.15, -0.1) is 0 Å². The topological polar surface area (TPSA) is 58.6 Å². The first kappa shape index (κ1) is 12.7. The Hall–Kier alpha value is -1.36. The molecule has 0 aromatic heterocycles. The Morgan fingerprint density at radius 1 is 1.62 bits per heavy atom. The lowest BCUT2D eigenvalue weighted by atomic mass is 10.2. The minimum atomic E-state index is -0.288. The van der Waals surface area contributed by atoms with Crippen LogP contribution in [0.25, 0.3) is 0 Å². The van der Waals surface area contributed by atoms with Gasteiger partial charge < -0.3 is 10.1 Å². The maximum Gasteiger partial charge on any atom is 0.333 e. The Morgan fingerprint density at radius 2 is 2.38 bits per heavy atom. The van der Waals surface area contributed by atoms with Gasteiger partial charge in [0.05, 0.1) is 13.7 Å². The monoisotopic (exact) mass is 226 g/mol. The number of amides is 1. The quantitative estimate of drug-likeness (QED) is 0.538. The molecule has 0 aromatic carbocycles. The van der Waals surface area contributed by atoms with E-state index in [0.29, 0.717) is 31.6 Å². The second-order valence-electron chi connectivity index (χ2n) is 3.66. The van der Waals surface area contributed by atoms with Gasteiger partial charge in [-0.1, -0.05) is 13.0 Å². The number of methoxy groups -OCH3 is 1. The number of rotatable bonds is 4. The number of piperazine rings is 1. The predicted octanol–water partition coefficient (Wildman–Crippen LogP) is -0.0724. The lowest BCUT2D eigenvalue weighted by Crippen LogP contribution is -2.47. The van der Waals surface area contributed by atoms with E-state index in [1.807, 2.05) is 17.9 Å². The molecule has 0 aliphatic carbocycles. The second-order valence-corrected chi connectivity index (χ2v) is 3.66. The molecule has 1 heterocycles. The number of carbonyl (C=O) groups excluding carboxylic acids is 2. The molecule has 0 unspecified atom stereocenters. The predicted molar refractivity (Wildman–Crippen MR) is 59.8 cm³/mol. The van der Waals surface area contributed by atoms with E-state index >= 15 is 0 Å². The molecule has 1 N–H and O–H groups in total. The van der Waals surface area contributed by atoms with E-state index in [4.69, 9.17) is 0 Å². The number of hydrogen-bond acceptors (Lipinski definition) is 4. The fraction of sp³-hybridized carbons (Fsp3) is 0.636. The molecule has 1 fully saturated rings. The van der Waals surface area contributed by atoms with E-state index in [9.17, 15) is 9.59 Å². The van der Waals surface area contributed by atoms with E-state index in [-0.39, 0.29) is 11.9 Å². The molecule has 1 amide bonds. The normalized spacial score (nSPS) is 18.1. The smallest absolute Gasteiger partial charge is 0.333 e. The van der Waals surface area contributed by atoms with Crippen LogP contribution in [0.3, 0.4) is 0 Å². The molecule has 90 valence electrons. The summed E-state index contributed by atoms with van der Waals surface area (Å²) >= 11 is 0. The average molecular weight is 226 g/mol. The molecule has 0 aromatic rings. The van der Waals surface area contributed by atoms with E-state index in [2.05, 4.69) is 10.1 Å². The van der Waals surface area contributed by atoms with Crippen molar-refractivity contribution >= 4 is 11.9 Å². The summed E-state index contributed by atoms with van der Waals surface area (Å²) in [6, 6.07) is 0. The Morgan fingerprint density at radius 3 is 2.94 bits per heavy atom. The Kier molecular flexibility index (Phi) is 4.98. The highest BCUT2D eigenvalue weighted by Crippen LogP contribution is 2.04. The Bertz CT molecular complexity index is 300. The van der Waals surface area contributed by atoms with Crippen molar-refractivity contribution in [1.29, 1.82) is 0 Å². The Balaban J connectivity index is 2.49. The molecular weight excluding hydrogens is 208 g/mol. The van der Waals surface area contributed by atoms with Crippen molar-refractivity contribution in [3.05, 3.63) is 11.6 Å². The summed E-state index contributed by atoms with van der Waals surface area (Å²) in [5.41, 5.74) is 0.661. The summed E-state index contributed by atoms with van der Waals surface area (Å²) in [7, 11) is 1.38. The molecule has 1 rings (SSSR count). The number of nitrogens with zero attached hydrogens (tertiary/aromatic N) is 1. The maximum atomic E-state index is 11.3. The summed E-state index contributed by atoms with van der Waals surface area (Å²) in [6.45, 7) is 4.42. The van der Waals surface area contributed by atoms with Gasteiger partial charge in [0.25, 0.3) is 0 Å². The van der Waals surface area contributed by atoms with Gasteiger partial charge in [-0.05, 0) is 6.42 Å². The van der Waals surface area contributed by atoms with Crippen LogP contribution < -0.4 is 5.32 Å². The van der Waals surface area contributed by atoms with E-state index in [0.717, 1.165) is 6.54 Å². The van der Waals surface area contributed by atoms with Crippen LogP contribution in [0.15, 0.2) is 11.6 Å². The van der Waals surface area contributed by atoms with Crippen LogP contribution in [0.1, 0.15) is 13.3 Å². The molecule has 0 spiro atoms. The molecule has 0 bridgehead atoms. The second kappa shape index (κ2) is 6.27. The summed E-state index contributed by atoms with van der Waals surface area (Å²) in [5.74, 6) is -0.250. The fourth-order valence-electron chi connectivity index (χ4n) is 1.59. The van der Waals surface area contributed by atoms with Gasteiger partial charge in [0.15, 0.2) is 0 Å². The van der Waals surface area contributed by atoms with Crippen LogP contribution >= 0.6 is 0 Å². The molecule has 1 saturated heterocycles. The zero-order chi connectivity index (χ0) is 12.0. The summed E-state index contributed by atoms with van der Waals surface area (Å²) in [4.78, 5) is 24.4. The SMILES string of the molecule is CCC(=CCN1CCNC(=O)C1)C(=O)OC. The number of carbonyl (C=O) groups is 2. The first-order valence-corrected chi connectivity index (χ1v) is 5.43. The maximum absolute atomic E-state index is 11.3. The van der Waals surface area contributed by atoms with Crippen molar-refractivity contribution < 1.29 is 14.3 Å². The van der Waals surface area contributed by atoms with Gasteiger partial charge in [0.2, 0.25) is 5.91 Å². The lowest BCUT2D eigenvalue weighted by Gasteiger charge is -2.25. The highest BCUT2D eigenvalue weighted by Gasteiger charge is 2.15. The van der Waals surface area contributed by atoms with Crippen LogP contribution in [-0.4, -0.2) is 50.1 Å². The summed E-state index contributed by atoms with van der Waals surface area (Å²) < 4.78 is 4.66. The van der Waals surface area contributed by atoms with E-state index in [1.165, 1.54) is 7.11 Å². The molecule has 5 nitrogen and oxygen atoms in total. The van der Waals surface area contributed by atoms with Gasteiger partial charge in [-0.3, -0.25) is 9.69 Å². The zero-order valence-electron chi connectivity index (χ0n) is 9.78. The zero-order valence-corrected chi connectivity index (χ0v) is 9.78. The van der Waals surface area contributed by atoms with E-state index in [1.54, 1.807) is 0 Å². The molecule has 1 aliphatic heterocycles. The first-order chi connectivity index (χ1) is 7.67. The molecule has 16 heavy (non-hydrogen) atoms. The standard InChI is InChI=1S/C11H18N2O3/c1-3-9(11(15)16-2)4-6-13-7-5-12-10(14)8-13/h4H,3,5-8H2,1-2H3,(H,12,14). The highest BCUT2D eigenvalue weighted by atomic mass is 16.5. The fourth-order valence-corrected chi connectivity index (χ4v) is 1.59. The van der Waals surface area contributed by atoms with Gasteiger partial charge in [-0.25, -0.2) is 4.79 Å². The van der Waals surface area contributed by atoms with Crippen molar-refractivity contribution in [2.45, 2.75) is 13.3 Å². The number of hydrogen-bond donors (Lipinski definition) is 1. The molecule has 5 heteroatoms. The van der Waals surface area contributed by atoms with Gasteiger partial charge >= 0.3 is 5.97 Å². The van der Waals surface area contributed by atoms with Crippen molar-refractivity contribution in [2.75, 3.05) is 33.3 Å². The minimum Gasteiger partial charge on any atom is -0.466 e. The van der Waals surface area contributed by atoms with Crippen molar-refractivity contribution in [1.82, 2.24) is 10.2 Å². The number of esters is 1. The largest absolute Gasteiger partial charge is 0.466 e. The van der Waals surface area contributed by atoms with Crippen LogP contribution in [-0.2, 0) is 14.3 Å². The molecule has 0 saturated carbocycles. The summed E-state index contributed by atoms with van der Waals surface area (Å²) in [5, 5.41) is 2.75. The Labute approximate surface area is 95.4 Å². The lowest BCUT2D eigenvalue weighted by molar-refractivity contribution is -0.136. The third-order valence-corrected chi connectivity index (χ3v) is 2.54. The first-order valence-electron chi connectivity index (χ1n) is 5.43. The van der Waals surface area contributed by atoms with Crippen molar-refractivity contribution in [3.63, 3.8) is 0 Å². The minimum absolute atomic E-state index is 0.0377. The van der Waals surface area contributed by atoms with Gasteiger partial charge in [0.1, 0.15) is 0 Å². The number of ether oxygens (including phenoxy) is 1. The van der Waals surface area contributed by atoms with Gasteiger partial charge in [0, 0.05) is 25.2 Å². The average Bonchev–Trinajstić information content (AvgIpc) is 2.29. The third-order valence-electron chi connectivity index (χ3n) is 2.54. The van der Waals surface area contributed by atoms with Gasteiger partial charge in [-0.2, -0.15) is 0 Å². The molecule has 0 radical (unpaired) electrons. The van der Waals surface area contributed by atoms with Crippen molar-refractivity contribution in [3.8, 4) is 0 Å². The highest BCUT2D eigenvalue weighted by molar-refractivity contribution is 5.88. The van der Waals surface area contributed by atoms with Crippen molar-refractivity contribution in [2.24, 2.45) is 0 Å². The van der Waals surface area contributed by atoms with Crippen LogP contribution in [0, 0.1) is 0 Å². The molecule has 0 atom stereocenters. The molecular formula is C11H18N2O3. The molecule has 1 aliphatic rings. The van der Waals surface area contributed by atoms with Crippen LogP contribution in [0.5, 0.6) is 0 Å². The third kappa shape index (κ3) is 3.66.